The third kappa shape index (κ3) is 2.46. The third-order valence-electron chi connectivity index (χ3n) is 4.29. The molecule has 0 saturated heterocycles. The van der Waals surface area contributed by atoms with Crippen molar-refractivity contribution in [1.82, 2.24) is 0 Å². The van der Waals surface area contributed by atoms with Crippen molar-refractivity contribution in [3.8, 4) is 0 Å². The maximum atomic E-state index is 6.85. The summed E-state index contributed by atoms with van der Waals surface area (Å²) in [4.78, 5) is -2.54. The van der Waals surface area contributed by atoms with Gasteiger partial charge in [-0.1, -0.05) is 46.4 Å². The van der Waals surface area contributed by atoms with Gasteiger partial charge in [-0.15, -0.1) is 23.2 Å². The van der Waals surface area contributed by atoms with Crippen LogP contribution in [0.25, 0.3) is 0 Å². The average Bonchev–Trinajstić information content (AvgIpc) is 2.71. The number of benzene rings is 1. The fourth-order valence-electron chi connectivity index (χ4n) is 3.08. The first-order chi connectivity index (χ1) is 10.4. The zero-order valence-electron chi connectivity index (χ0n) is 10.6. The molecular formula is C13H4Br4Cl6. The van der Waals surface area contributed by atoms with E-state index >= 15 is 0 Å². The number of hydrogen-bond acceptors (Lipinski definition) is 0. The van der Waals surface area contributed by atoms with Crippen molar-refractivity contribution in [1.29, 1.82) is 0 Å². The molecule has 0 amide bonds. The Balaban J connectivity index is 2.27. The molecule has 0 spiro atoms. The van der Waals surface area contributed by atoms with Crippen LogP contribution in [0.3, 0.4) is 0 Å². The molecule has 23 heavy (non-hydrogen) atoms. The number of hydrogen-bond donors (Lipinski definition) is 0. The van der Waals surface area contributed by atoms with Crippen molar-refractivity contribution < 1.29 is 0 Å². The fourth-order valence-corrected chi connectivity index (χ4v) is 8.18. The number of alkyl halides is 4. The van der Waals surface area contributed by atoms with Crippen molar-refractivity contribution >= 4 is 133 Å². The Kier molecular flexibility index (Phi) is 5.59. The van der Waals surface area contributed by atoms with Crippen molar-refractivity contribution in [3.05, 3.63) is 39.6 Å². The highest BCUT2D eigenvalue weighted by Crippen LogP contribution is 2.76. The van der Waals surface area contributed by atoms with Crippen LogP contribution >= 0.6 is 133 Å². The molecule has 2 aliphatic rings. The van der Waals surface area contributed by atoms with Crippen LogP contribution in [-0.2, 0) is 0 Å². The molecule has 0 aromatic heterocycles. The van der Waals surface area contributed by atoms with Crippen LogP contribution in [0.1, 0.15) is 17.9 Å². The predicted octanol–water partition coefficient (Wildman–Crippen LogP) is 9.06. The summed E-state index contributed by atoms with van der Waals surface area (Å²) < 4.78 is 1.82. The van der Waals surface area contributed by atoms with Gasteiger partial charge in [0.25, 0.3) is 0 Å². The van der Waals surface area contributed by atoms with Crippen LogP contribution in [0, 0.1) is 0 Å². The summed E-state index contributed by atoms with van der Waals surface area (Å²) in [6, 6.07) is 1.93. The maximum Gasteiger partial charge on any atom is 0.166 e. The average molecular weight is 693 g/mol. The molecule has 2 aliphatic carbocycles. The molecule has 0 heterocycles. The van der Waals surface area contributed by atoms with Gasteiger partial charge < -0.3 is 0 Å². The Morgan fingerprint density at radius 3 is 1.91 bits per heavy atom. The topological polar surface area (TPSA) is 0 Å². The summed E-state index contributed by atoms with van der Waals surface area (Å²) in [5.41, 5.74) is 0.873. The molecule has 0 aliphatic heterocycles. The molecule has 3 atom stereocenters. The van der Waals surface area contributed by atoms with Gasteiger partial charge in [-0.25, -0.2) is 0 Å². The SMILES string of the molecule is ClC1=C(Cl)C2(Cl)C(c3cc(Br)c(Br)c(Br)c3Br)CC1(Cl)C2(Cl)Cl. The second kappa shape index (κ2) is 6.32. The minimum atomic E-state index is -1.53. The first kappa shape index (κ1) is 20.4. The molecule has 1 aromatic rings. The number of fused-ring (bicyclic) bond motifs is 2. The lowest BCUT2D eigenvalue weighted by Gasteiger charge is -2.34. The van der Waals surface area contributed by atoms with Gasteiger partial charge in [0.1, 0.15) is 9.75 Å². The second-order valence-corrected chi connectivity index (χ2v) is 11.9. The van der Waals surface area contributed by atoms with E-state index in [1.54, 1.807) is 0 Å². The van der Waals surface area contributed by atoms with Crippen LogP contribution in [0.4, 0.5) is 0 Å². The van der Waals surface area contributed by atoms with E-state index < -0.39 is 14.1 Å². The first-order valence-corrected chi connectivity index (χ1v) is 11.5. The van der Waals surface area contributed by atoms with Crippen molar-refractivity contribution in [2.75, 3.05) is 0 Å². The summed E-state index contributed by atoms with van der Waals surface area (Å²) in [5, 5.41) is 0.405. The molecule has 126 valence electrons. The molecule has 1 fully saturated rings. The van der Waals surface area contributed by atoms with Crippen LogP contribution in [-0.4, -0.2) is 14.1 Å². The maximum absolute atomic E-state index is 6.85. The van der Waals surface area contributed by atoms with Gasteiger partial charge in [-0.3, -0.25) is 0 Å². The summed E-state index contributed by atoms with van der Waals surface area (Å²) in [6.45, 7) is 0. The van der Waals surface area contributed by atoms with Gasteiger partial charge in [0.05, 0.1) is 10.1 Å². The van der Waals surface area contributed by atoms with Crippen molar-refractivity contribution in [2.24, 2.45) is 0 Å². The quantitative estimate of drug-likeness (QED) is 0.157. The Labute approximate surface area is 197 Å². The van der Waals surface area contributed by atoms with E-state index in [4.69, 9.17) is 69.6 Å². The number of rotatable bonds is 1. The molecule has 0 radical (unpaired) electrons. The second-order valence-electron chi connectivity index (χ2n) is 5.36. The van der Waals surface area contributed by atoms with Crippen molar-refractivity contribution in [2.45, 2.75) is 26.4 Å². The molecule has 1 saturated carbocycles. The van der Waals surface area contributed by atoms with Gasteiger partial charge in [-0.2, -0.15) is 0 Å². The van der Waals surface area contributed by atoms with E-state index in [-0.39, 0.29) is 16.0 Å². The van der Waals surface area contributed by atoms with Gasteiger partial charge in [0.2, 0.25) is 0 Å². The van der Waals surface area contributed by atoms with Crippen LogP contribution in [0.15, 0.2) is 34.0 Å². The standard InChI is InChI=1S/C13H4Br4Cl6/c14-5-1-3(6(15)8(17)7(5)16)4-2-11(20)9(18)10(19)12(4,21)13(11,22)23/h1,4H,2H2. The lowest BCUT2D eigenvalue weighted by atomic mass is 9.86. The van der Waals surface area contributed by atoms with E-state index in [0.29, 0.717) is 6.42 Å². The van der Waals surface area contributed by atoms with Gasteiger partial charge in [0, 0.05) is 23.8 Å². The van der Waals surface area contributed by atoms with Crippen molar-refractivity contribution in [3.63, 3.8) is 0 Å². The summed E-state index contributed by atoms with van der Waals surface area (Å²) in [6.07, 6.45) is 0.360. The van der Waals surface area contributed by atoms with E-state index in [1.807, 2.05) is 6.07 Å². The summed E-state index contributed by atoms with van der Waals surface area (Å²) >= 11 is 53.4. The Bertz CT molecular complexity index is 763. The van der Waals surface area contributed by atoms with E-state index in [1.165, 1.54) is 0 Å². The first-order valence-electron chi connectivity index (χ1n) is 6.06. The zero-order valence-corrected chi connectivity index (χ0v) is 21.5. The zero-order chi connectivity index (χ0) is 17.5. The molecule has 2 bridgehead atoms. The minimum Gasteiger partial charge on any atom is -0.110 e. The normalized spacial score (nSPS) is 35.3. The third-order valence-corrected chi connectivity index (χ3v) is 13.3. The highest BCUT2D eigenvalue weighted by atomic mass is 79.9. The number of allylic oxidation sites excluding steroid dienone is 2. The molecule has 0 nitrogen and oxygen atoms in total. The van der Waals surface area contributed by atoms with Gasteiger partial charge in [0.15, 0.2) is 4.33 Å². The van der Waals surface area contributed by atoms with E-state index in [0.717, 1.165) is 23.5 Å². The monoisotopic (exact) mass is 686 g/mol. The largest absolute Gasteiger partial charge is 0.166 e. The smallest absolute Gasteiger partial charge is 0.110 e. The number of halogens is 10. The molecule has 10 heteroatoms. The highest BCUT2D eigenvalue weighted by molar-refractivity contribution is 9.15. The highest BCUT2D eigenvalue weighted by Gasteiger charge is 2.78. The minimum absolute atomic E-state index is 0.194. The Morgan fingerprint density at radius 2 is 1.43 bits per heavy atom. The predicted molar refractivity (Wildman–Crippen MR) is 115 cm³/mol. The molecule has 0 N–H and O–H groups in total. The van der Waals surface area contributed by atoms with Gasteiger partial charge >= 0.3 is 0 Å². The van der Waals surface area contributed by atoms with Crippen LogP contribution < -0.4 is 0 Å². The lowest BCUT2D eigenvalue weighted by molar-refractivity contribution is 0.598. The summed E-state index contributed by atoms with van der Waals surface area (Å²) in [7, 11) is 0. The fraction of sp³-hybridized carbons (Fsp3) is 0.385. The lowest BCUT2D eigenvalue weighted by Crippen LogP contribution is -2.43. The van der Waals surface area contributed by atoms with Gasteiger partial charge in [-0.05, 0) is 81.8 Å². The van der Waals surface area contributed by atoms with Crippen LogP contribution in [0.5, 0.6) is 0 Å². The Hall–Kier alpha value is 2.62. The molecule has 1 aromatic carbocycles. The molecule has 3 rings (SSSR count). The van der Waals surface area contributed by atoms with E-state index in [9.17, 15) is 0 Å². The molecule has 3 unspecified atom stereocenters. The Morgan fingerprint density at radius 1 is 0.870 bits per heavy atom. The van der Waals surface area contributed by atoms with E-state index in [2.05, 4.69) is 63.7 Å². The molecular weight excluding hydrogens is 688 g/mol. The van der Waals surface area contributed by atoms with Crippen LogP contribution in [0.2, 0.25) is 0 Å². The summed E-state index contributed by atoms with van der Waals surface area (Å²) in [5.74, 6) is -0.332.